The van der Waals surface area contributed by atoms with E-state index in [0.29, 0.717) is 11.6 Å². The molecule has 2 rings (SSSR count). The number of nitrogens with zero attached hydrogens (tertiary/aromatic N) is 2. The van der Waals surface area contributed by atoms with Gasteiger partial charge >= 0.3 is 0 Å². The van der Waals surface area contributed by atoms with E-state index >= 15 is 0 Å². The van der Waals surface area contributed by atoms with Gasteiger partial charge < -0.3 is 9.64 Å². The highest BCUT2D eigenvalue weighted by molar-refractivity contribution is 9.10. The number of halogens is 2. The van der Waals surface area contributed by atoms with Gasteiger partial charge in [-0.15, -0.1) is 0 Å². The minimum absolute atomic E-state index is 0.0401. The number of ether oxygens (including phenoxy) is 1. The molecule has 1 aromatic heterocycles. The molecular weight excluding hydrogens is 291 g/mol. The van der Waals surface area contributed by atoms with Crippen LogP contribution in [0.3, 0.4) is 0 Å². The Kier molecular flexibility index (Phi) is 3.42. The molecule has 0 atom stereocenters. The van der Waals surface area contributed by atoms with Crippen LogP contribution in [0.2, 0.25) is 5.02 Å². The predicted octanol–water partition coefficient (Wildman–Crippen LogP) is 3.11. The van der Waals surface area contributed by atoms with Crippen LogP contribution in [-0.2, 0) is 4.74 Å². The number of anilines is 1. The molecule has 1 fully saturated rings. The Hall–Kier alpha value is -0.320. The quantitative estimate of drug-likeness (QED) is 0.797. The van der Waals surface area contributed by atoms with Crippen LogP contribution in [0.1, 0.15) is 13.8 Å². The zero-order chi connectivity index (χ0) is 11.8. The van der Waals surface area contributed by atoms with Gasteiger partial charge in [0.05, 0.1) is 28.2 Å². The normalized spacial score (nSPS) is 19.9. The largest absolute Gasteiger partial charge is 0.377 e. The van der Waals surface area contributed by atoms with Crippen LogP contribution in [0, 0.1) is 0 Å². The lowest BCUT2D eigenvalue weighted by atomic mass is 10.0. The first-order valence-corrected chi connectivity index (χ1v) is 6.34. The molecule has 3 nitrogen and oxygen atoms in total. The van der Waals surface area contributed by atoms with Crippen molar-refractivity contribution in [1.82, 2.24) is 4.98 Å². The fraction of sp³-hybridized carbons (Fsp3) is 0.545. The molecule has 1 aliphatic rings. The monoisotopic (exact) mass is 304 g/mol. The maximum atomic E-state index is 5.89. The van der Waals surface area contributed by atoms with Crippen molar-refractivity contribution in [3.05, 3.63) is 21.8 Å². The molecule has 0 saturated carbocycles. The van der Waals surface area contributed by atoms with Gasteiger partial charge in [0.1, 0.15) is 5.82 Å². The summed E-state index contributed by atoms with van der Waals surface area (Å²) in [4.78, 5) is 6.64. The van der Waals surface area contributed by atoms with Crippen LogP contribution >= 0.6 is 27.5 Å². The molecule has 2 heterocycles. The second kappa shape index (κ2) is 4.51. The molecule has 0 unspecified atom stereocenters. The Bertz CT molecular complexity index is 398. The number of rotatable bonds is 1. The lowest BCUT2D eigenvalue weighted by Gasteiger charge is -2.43. The smallest absolute Gasteiger partial charge is 0.143 e. The van der Waals surface area contributed by atoms with Crippen LogP contribution in [0.5, 0.6) is 0 Å². The van der Waals surface area contributed by atoms with Crippen LogP contribution in [0.25, 0.3) is 0 Å². The van der Waals surface area contributed by atoms with E-state index in [1.54, 1.807) is 6.20 Å². The van der Waals surface area contributed by atoms with Crippen molar-refractivity contribution in [2.75, 3.05) is 24.7 Å². The van der Waals surface area contributed by atoms with E-state index in [4.69, 9.17) is 16.3 Å². The first-order valence-electron chi connectivity index (χ1n) is 5.17. The summed E-state index contributed by atoms with van der Waals surface area (Å²) in [5, 5.41) is 0.640. The molecule has 88 valence electrons. The summed E-state index contributed by atoms with van der Waals surface area (Å²) in [5.41, 5.74) is -0.0401. The van der Waals surface area contributed by atoms with Crippen molar-refractivity contribution in [2.45, 2.75) is 19.4 Å². The lowest BCUT2D eigenvalue weighted by molar-refractivity contribution is 0.0638. The molecule has 1 aromatic rings. The lowest BCUT2D eigenvalue weighted by Crippen LogP contribution is -2.53. The van der Waals surface area contributed by atoms with E-state index in [0.717, 1.165) is 23.4 Å². The van der Waals surface area contributed by atoms with Gasteiger partial charge in [0.2, 0.25) is 0 Å². The van der Waals surface area contributed by atoms with E-state index in [9.17, 15) is 0 Å². The fourth-order valence-corrected chi connectivity index (χ4v) is 2.71. The van der Waals surface area contributed by atoms with Crippen LogP contribution in [0.4, 0.5) is 5.82 Å². The number of hydrogen-bond acceptors (Lipinski definition) is 3. The zero-order valence-electron chi connectivity index (χ0n) is 9.33. The maximum absolute atomic E-state index is 5.89. The highest BCUT2D eigenvalue weighted by Crippen LogP contribution is 2.32. The molecule has 0 aliphatic carbocycles. The highest BCUT2D eigenvalue weighted by Gasteiger charge is 2.32. The van der Waals surface area contributed by atoms with Gasteiger partial charge in [-0.2, -0.15) is 0 Å². The standard InChI is InChI=1S/C11H14BrClN2O/c1-11(2)7-16-4-3-15(11)10-9(12)5-8(13)6-14-10/h5-6H,3-4,7H2,1-2H3. The molecule has 0 spiro atoms. The summed E-state index contributed by atoms with van der Waals surface area (Å²) in [7, 11) is 0. The number of aromatic nitrogens is 1. The average molecular weight is 306 g/mol. The Balaban J connectivity index is 2.35. The Morgan fingerprint density at radius 1 is 1.56 bits per heavy atom. The molecule has 0 aromatic carbocycles. The number of hydrogen-bond donors (Lipinski definition) is 0. The van der Waals surface area contributed by atoms with Gasteiger partial charge in [0.15, 0.2) is 0 Å². The van der Waals surface area contributed by atoms with E-state index in [1.807, 2.05) is 6.07 Å². The summed E-state index contributed by atoms with van der Waals surface area (Å²) in [6.07, 6.45) is 1.67. The van der Waals surface area contributed by atoms with Gasteiger partial charge in [-0.1, -0.05) is 11.6 Å². The molecule has 0 radical (unpaired) electrons. The molecule has 0 amide bonds. The van der Waals surface area contributed by atoms with Gasteiger partial charge in [0, 0.05) is 12.7 Å². The van der Waals surface area contributed by atoms with Crippen molar-refractivity contribution in [3.8, 4) is 0 Å². The fourth-order valence-electron chi connectivity index (χ4n) is 1.86. The SMILES string of the molecule is CC1(C)COCCN1c1ncc(Cl)cc1Br. The van der Waals surface area contributed by atoms with Crippen LogP contribution in [-0.4, -0.2) is 30.3 Å². The van der Waals surface area contributed by atoms with E-state index in [2.05, 4.69) is 39.7 Å². The summed E-state index contributed by atoms with van der Waals surface area (Å²) < 4.78 is 6.42. The average Bonchev–Trinajstić information content (AvgIpc) is 2.19. The number of morpholine rings is 1. The van der Waals surface area contributed by atoms with Gasteiger partial charge in [0.25, 0.3) is 0 Å². The van der Waals surface area contributed by atoms with Crippen LogP contribution < -0.4 is 4.90 Å². The van der Waals surface area contributed by atoms with E-state index in [1.165, 1.54) is 0 Å². The van der Waals surface area contributed by atoms with Gasteiger partial charge in [-0.25, -0.2) is 4.98 Å². The van der Waals surface area contributed by atoms with E-state index < -0.39 is 0 Å². The maximum Gasteiger partial charge on any atom is 0.143 e. The topological polar surface area (TPSA) is 25.4 Å². The summed E-state index contributed by atoms with van der Waals surface area (Å²) in [6.45, 7) is 6.59. The molecular formula is C11H14BrClN2O. The summed E-state index contributed by atoms with van der Waals surface area (Å²) in [5.74, 6) is 0.928. The van der Waals surface area contributed by atoms with Gasteiger partial charge in [-0.3, -0.25) is 0 Å². The van der Waals surface area contributed by atoms with Crippen molar-refractivity contribution in [2.24, 2.45) is 0 Å². The minimum Gasteiger partial charge on any atom is -0.377 e. The van der Waals surface area contributed by atoms with E-state index in [-0.39, 0.29) is 5.54 Å². The first kappa shape index (κ1) is 12.1. The molecule has 1 aliphatic heterocycles. The van der Waals surface area contributed by atoms with Crippen molar-refractivity contribution in [3.63, 3.8) is 0 Å². The second-order valence-electron chi connectivity index (χ2n) is 4.48. The third kappa shape index (κ3) is 2.34. The molecule has 0 bridgehead atoms. The summed E-state index contributed by atoms with van der Waals surface area (Å²) >= 11 is 9.40. The molecule has 1 saturated heterocycles. The van der Waals surface area contributed by atoms with Crippen molar-refractivity contribution in [1.29, 1.82) is 0 Å². The summed E-state index contributed by atoms with van der Waals surface area (Å²) in [6, 6.07) is 1.87. The first-order chi connectivity index (χ1) is 7.50. The molecule has 16 heavy (non-hydrogen) atoms. The minimum atomic E-state index is -0.0401. The predicted molar refractivity (Wildman–Crippen MR) is 69.2 cm³/mol. The van der Waals surface area contributed by atoms with Crippen molar-refractivity contribution >= 4 is 33.3 Å². The van der Waals surface area contributed by atoms with Gasteiger partial charge in [-0.05, 0) is 35.8 Å². The third-order valence-electron chi connectivity index (χ3n) is 2.69. The number of pyridine rings is 1. The highest BCUT2D eigenvalue weighted by atomic mass is 79.9. The Morgan fingerprint density at radius 3 is 2.94 bits per heavy atom. The molecule has 5 heteroatoms. The zero-order valence-corrected chi connectivity index (χ0v) is 11.7. The third-order valence-corrected chi connectivity index (χ3v) is 3.48. The Labute approximate surface area is 109 Å². The van der Waals surface area contributed by atoms with Crippen molar-refractivity contribution < 1.29 is 4.74 Å². The Morgan fingerprint density at radius 2 is 2.31 bits per heavy atom. The molecule has 0 N–H and O–H groups in total. The second-order valence-corrected chi connectivity index (χ2v) is 5.77. The van der Waals surface area contributed by atoms with Crippen LogP contribution in [0.15, 0.2) is 16.7 Å².